The van der Waals surface area contributed by atoms with E-state index in [2.05, 4.69) is 6.07 Å². The van der Waals surface area contributed by atoms with Crippen molar-refractivity contribution in [2.24, 2.45) is 0 Å². The second-order valence-corrected chi connectivity index (χ2v) is 6.72. The Bertz CT molecular complexity index is 717. The highest BCUT2D eigenvalue weighted by Gasteiger charge is 2.26. The van der Waals surface area contributed by atoms with Crippen LogP contribution in [-0.2, 0) is 17.2 Å². The molecule has 1 aliphatic heterocycles. The molecule has 0 saturated carbocycles. The summed E-state index contributed by atoms with van der Waals surface area (Å²) < 4.78 is 31.9. The Balaban J connectivity index is 1.72. The molecule has 110 valence electrons. The van der Waals surface area contributed by atoms with E-state index in [0.29, 0.717) is 12.1 Å². The zero-order valence-electron chi connectivity index (χ0n) is 11.6. The Hall–Kier alpha value is -1.88. The highest BCUT2D eigenvalue weighted by Crippen LogP contribution is 2.30. The lowest BCUT2D eigenvalue weighted by molar-refractivity contribution is 0.258. The van der Waals surface area contributed by atoms with Gasteiger partial charge < -0.3 is 10.5 Å². The van der Waals surface area contributed by atoms with E-state index in [-0.39, 0.29) is 16.8 Å². The van der Waals surface area contributed by atoms with Crippen LogP contribution in [0.15, 0.2) is 41.3 Å². The number of ether oxygens (including phenoxy) is 1. The molecule has 21 heavy (non-hydrogen) atoms. The van der Waals surface area contributed by atoms with Crippen LogP contribution in [0.1, 0.15) is 11.1 Å². The summed E-state index contributed by atoms with van der Waals surface area (Å²) in [6.07, 6.45) is 0.527. The Labute approximate surface area is 125 Å². The lowest BCUT2D eigenvalue weighted by Gasteiger charge is -2.11. The molecule has 0 bridgehead atoms. The lowest BCUT2D eigenvalue weighted by Crippen LogP contribution is -2.22. The van der Waals surface area contributed by atoms with Gasteiger partial charge in [-0.1, -0.05) is 17.7 Å². The van der Waals surface area contributed by atoms with Gasteiger partial charge in [0.1, 0.15) is 17.7 Å². The Kier molecular flexibility index (Phi) is 3.68. The number of anilines is 1. The standard InChI is InChI=1S/C16H16FNO2S/c1-10-2-4-15-11(6-10)7-13(20-15)9-21(19)16-5-3-12(18)8-14(16)17/h2-6,8,13H,7,9,18H2,1H3. The zero-order valence-corrected chi connectivity index (χ0v) is 12.5. The summed E-state index contributed by atoms with van der Waals surface area (Å²) in [6, 6.07) is 10.2. The Morgan fingerprint density at radius 1 is 1.33 bits per heavy atom. The fourth-order valence-electron chi connectivity index (χ4n) is 2.50. The summed E-state index contributed by atoms with van der Waals surface area (Å²) in [6.45, 7) is 2.02. The van der Waals surface area contributed by atoms with E-state index in [1.165, 1.54) is 17.7 Å². The molecule has 0 spiro atoms. The molecule has 2 atom stereocenters. The van der Waals surface area contributed by atoms with E-state index in [9.17, 15) is 8.60 Å². The molecule has 0 fully saturated rings. The third-order valence-electron chi connectivity index (χ3n) is 3.50. The Morgan fingerprint density at radius 2 is 2.14 bits per heavy atom. The molecular weight excluding hydrogens is 289 g/mol. The second-order valence-electron chi connectivity index (χ2n) is 5.26. The Morgan fingerprint density at radius 3 is 2.90 bits per heavy atom. The molecule has 1 aliphatic rings. The van der Waals surface area contributed by atoms with Gasteiger partial charge in [-0.3, -0.25) is 4.21 Å². The molecule has 0 aliphatic carbocycles. The van der Waals surface area contributed by atoms with Gasteiger partial charge in [0.25, 0.3) is 0 Å². The normalized spacial score (nSPS) is 18.1. The quantitative estimate of drug-likeness (QED) is 0.887. The lowest BCUT2D eigenvalue weighted by atomic mass is 10.1. The first-order valence-electron chi connectivity index (χ1n) is 6.72. The minimum atomic E-state index is -1.44. The molecule has 2 N–H and O–H groups in total. The van der Waals surface area contributed by atoms with Crippen LogP contribution < -0.4 is 10.5 Å². The second kappa shape index (κ2) is 5.48. The fraction of sp³-hybridized carbons (Fsp3) is 0.250. The molecule has 0 radical (unpaired) electrons. The largest absolute Gasteiger partial charge is 0.489 e. The van der Waals surface area contributed by atoms with Crippen LogP contribution in [0.5, 0.6) is 5.75 Å². The zero-order chi connectivity index (χ0) is 15.0. The molecule has 5 heteroatoms. The first kappa shape index (κ1) is 14.1. The van der Waals surface area contributed by atoms with Crippen molar-refractivity contribution < 1.29 is 13.3 Å². The summed E-state index contributed by atoms with van der Waals surface area (Å²) in [5, 5.41) is 0. The molecule has 3 nitrogen and oxygen atoms in total. The maximum Gasteiger partial charge on any atom is 0.141 e. The highest BCUT2D eigenvalue weighted by atomic mass is 32.2. The number of benzene rings is 2. The van der Waals surface area contributed by atoms with Gasteiger partial charge in [0.15, 0.2) is 0 Å². The maximum atomic E-state index is 13.8. The van der Waals surface area contributed by atoms with E-state index in [1.54, 1.807) is 6.07 Å². The predicted molar refractivity (Wildman–Crippen MR) is 81.4 cm³/mol. The molecular formula is C16H16FNO2S. The summed E-state index contributed by atoms with van der Waals surface area (Å²) in [4.78, 5) is 0.180. The van der Waals surface area contributed by atoms with Gasteiger partial charge in [-0.25, -0.2) is 4.39 Å². The number of hydrogen-bond donors (Lipinski definition) is 1. The number of halogens is 1. The van der Waals surface area contributed by atoms with Gasteiger partial charge in [-0.05, 0) is 36.8 Å². The fourth-order valence-corrected chi connectivity index (χ4v) is 3.70. The van der Waals surface area contributed by atoms with Crippen LogP contribution in [0, 0.1) is 12.7 Å². The average Bonchev–Trinajstić information content (AvgIpc) is 2.79. The number of aryl methyl sites for hydroxylation is 1. The molecule has 2 unspecified atom stereocenters. The minimum absolute atomic E-state index is 0.180. The number of nitrogen functional groups attached to an aromatic ring is 1. The maximum absolute atomic E-state index is 13.8. The van der Waals surface area contributed by atoms with Crippen molar-refractivity contribution in [3.63, 3.8) is 0 Å². The molecule has 0 amide bonds. The number of nitrogens with two attached hydrogens (primary N) is 1. The van der Waals surface area contributed by atoms with Gasteiger partial charge >= 0.3 is 0 Å². The van der Waals surface area contributed by atoms with Gasteiger partial charge in [0, 0.05) is 12.1 Å². The van der Waals surface area contributed by atoms with E-state index in [0.717, 1.165) is 11.3 Å². The van der Waals surface area contributed by atoms with Crippen molar-refractivity contribution in [3.8, 4) is 5.75 Å². The SMILES string of the molecule is Cc1ccc2c(c1)CC(CS(=O)c1ccc(N)cc1F)O2. The summed E-state index contributed by atoms with van der Waals surface area (Å²) in [7, 11) is -1.44. The van der Waals surface area contributed by atoms with Crippen molar-refractivity contribution in [2.75, 3.05) is 11.5 Å². The number of fused-ring (bicyclic) bond motifs is 1. The van der Waals surface area contributed by atoms with Gasteiger partial charge in [0.2, 0.25) is 0 Å². The van der Waals surface area contributed by atoms with Crippen LogP contribution in [0.25, 0.3) is 0 Å². The van der Waals surface area contributed by atoms with E-state index >= 15 is 0 Å². The predicted octanol–water partition coefficient (Wildman–Crippen LogP) is 2.83. The van der Waals surface area contributed by atoms with Crippen LogP contribution in [0.3, 0.4) is 0 Å². The third-order valence-corrected chi connectivity index (χ3v) is 4.99. The van der Waals surface area contributed by atoms with Crippen LogP contribution in [0.2, 0.25) is 0 Å². The van der Waals surface area contributed by atoms with Crippen LogP contribution in [0.4, 0.5) is 10.1 Å². The van der Waals surface area contributed by atoms with E-state index < -0.39 is 16.6 Å². The van der Waals surface area contributed by atoms with Crippen molar-refractivity contribution in [1.29, 1.82) is 0 Å². The first-order chi connectivity index (χ1) is 10.0. The average molecular weight is 305 g/mol. The molecule has 1 heterocycles. The van der Waals surface area contributed by atoms with Crippen molar-refractivity contribution in [1.82, 2.24) is 0 Å². The highest BCUT2D eigenvalue weighted by molar-refractivity contribution is 7.85. The molecule has 2 aromatic rings. The van der Waals surface area contributed by atoms with Crippen LogP contribution in [-0.4, -0.2) is 16.1 Å². The number of hydrogen-bond acceptors (Lipinski definition) is 3. The summed E-state index contributed by atoms with van der Waals surface area (Å²) in [5.74, 6) is 0.578. The van der Waals surface area contributed by atoms with Crippen molar-refractivity contribution >= 4 is 16.5 Å². The first-order valence-corrected chi connectivity index (χ1v) is 8.04. The van der Waals surface area contributed by atoms with Crippen molar-refractivity contribution in [3.05, 3.63) is 53.3 Å². The van der Waals surface area contributed by atoms with E-state index in [4.69, 9.17) is 10.5 Å². The number of rotatable bonds is 3. The minimum Gasteiger partial charge on any atom is -0.489 e. The monoisotopic (exact) mass is 305 g/mol. The summed E-state index contributed by atoms with van der Waals surface area (Å²) >= 11 is 0. The van der Waals surface area contributed by atoms with Gasteiger partial charge in [-0.2, -0.15) is 0 Å². The molecule has 3 rings (SSSR count). The molecule has 0 aromatic heterocycles. The molecule has 2 aromatic carbocycles. The van der Waals surface area contributed by atoms with Gasteiger partial charge in [-0.15, -0.1) is 0 Å². The van der Waals surface area contributed by atoms with Gasteiger partial charge in [0.05, 0.1) is 21.4 Å². The summed E-state index contributed by atoms with van der Waals surface area (Å²) in [5.41, 5.74) is 8.12. The third kappa shape index (κ3) is 2.93. The van der Waals surface area contributed by atoms with Crippen molar-refractivity contribution in [2.45, 2.75) is 24.3 Å². The van der Waals surface area contributed by atoms with E-state index in [1.807, 2.05) is 19.1 Å². The topological polar surface area (TPSA) is 52.3 Å². The van der Waals surface area contributed by atoms with Crippen LogP contribution >= 0.6 is 0 Å². The molecule has 0 saturated heterocycles. The smallest absolute Gasteiger partial charge is 0.141 e.